The molecule has 0 amide bonds. The average molecular weight is 280 g/mol. The van der Waals surface area contributed by atoms with Gasteiger partial charge in [0.1, 0.15) is 11.6 Å². The predicted molar refractivity (Wildman–Crippen MR) is 58.5 cm³/mol. The Morgan fingerprint density at radius 3 is 2.79 bits per heavy atom. The fourth-order valence-electron chi connectivity index (χ4n) is 1.02. The molecule has 1 unspecified atom stereocenters. The van der Waals surface area contributed by atoms with E-state index in [0.717, 1.165) is 5.56 Å². The van der Waals surface area contributed by atoms with Crippen LogP contribution in [-0.4, -0.2) is 10.6 Å². The van der Waals surface area contributed by atoms with Crippen LogP contribution >= 0.6 is 27.5 Å². The Morgan fingerprint density at radius 2 is 2.29 bits per heavy atom. The first-order valence-electron chi connectivity index (χ1n) is 4.09. The molecule has 0 radical (unpaired) electrons. The fourth-order valence-corrected chi connectivity index (χ4v) is 1.51. The van der Waals surface area contributed by atoms with Gasteiger partial charge in [-0.2, -0.15) is 0 Å². The summed E-state index contributed by atoms with van der Waals surface area (Å²) in [5.74, 6) is -0.423. The number of halogens is 3. The second-order valence-corrected chi connectivity index (χ2v) is 4.54. The van der Waals surface area contributed by atoms with E-state index in [-0.39, 0.29) is 15.6 Å². The molecule has 0 aliphatic heterocycles. The molecule has 1 aromatic rings. The molecule has 0 N–H and O–H groups in total. The Kier molecular flexibility index (Phi) is 4.08. The van der Waals surface area contributed by atoms with Crippen molar-refractivity contribution in [2.45, 2.75) is 18.2 Å². The van der Waals surface area contributed by atoms with Crippen LogP contribution in [0.2, 0.25) is 5.02 Å². The van der Waals surface area contributed by atoms with E-state index in [2.05, 4.69) is 15.9 Å². The van der Waals surface area contributed by atoms with E-state index in [9.17, 15) is 9.18 Å². The molecule has 0 saturated carbocycles. The van der Waals surface area contributed by atoms with Crippen molar-refractivity contribution in [3.63, 3.8) is 0 Å². The van der Waals surface area contributed by atoms with Crippen molar-refractivity contribution in [1.29, 1.82) is 0 Å². The molecule has 0 spiro atoms. The van der Waals surface area contributed by atoms with E-state index < -0.39 is 5.82 Å². The predicted octanol–water partition coefficient (Wildman–Crippen LogP) is 3.37. The maximum Gasteiger partial charge on any atom is 0.143 e. The quantitative estimate of drug-likeness (QED) is 0.775. The molecular formula is C10H9BrClFO. The molecule has 0 bridgehead atoms. The van der Waals surface area contributed by atoms with Crippen LogP contribution in [0.15, 0.2) is 18.2 Å². The van der Waals surface area contributed by atoms with Crippen LogP contribution < -0.4 is 0 Å². The van der Waals surface area contributed by atoms with Gasteiger partial charge in [0.15, 0.2) is 0 Å². The fraction of sp³-hybridized carbons (Fsp3) is 0.300. The van der Waals surface area contributed by atoms with E-state index in [1.165, 1.54) is 19.1 Å². The Bertz CT molecular complexity index is 354. The number of Topliss-reactive ketones (excluding diaryl/α,β-unsaturated/α-hetero) is 1. The summed E-state index contributed by atoms with van der Waals surface area (Å²) in [6.45, 7) is 1.49. The van der Waals surface area contributed by atoms with Gasteiger partial charge in [0.2, 0.25) is 0 Å². The van der Waals surface area contributed by atoms with Crippen LogP contribution in [0.3, 0.4) is 0 Å². The van der Waals surface area contributed by atoms with Gasteiger partial charge in [-0.3, -0.25) is 4.79 Å². The highest BCUT2D eigenvalue weighted by Gasteiger charge is 2.11. The molecule has 14 heavy (non-hydrogen) atoms. The summed E-state index contributed by atoms with van der Waals surface area (Å²) in [6, 6.07) is 4.55. The number of hydrogen-bond donors (Lipinski definition) is 0. The van der Waals surface area contributed by atoms with Gasteiger partial charge in [-0.15, -0.1) is 0 Å². The highest BCUT2D eigenvalue weighted by Crippen LogP contribution is 2.18. The lowest BCUT2D eigenvalue weighted by molar-refractivity contribution is -0.116. The van der Waals surface area contributed by atoms with Crippen molar-refractivity contribution in [3.05, 3.63) is 34.6 Å². The molecule has 1 rings (SSSR count). The lowest BCUT2D eigenvalue weighted by Gasteiger charge is -2.06. The van der Waals surface area contributed by atoms with Gasteiger partial charge in [-0.05, 0) is 31.0 Å². The molecule has 1 aromatic carbocycles. The molecule has 0 aliphatic rings. The Hall–Kier alpha value is -0.410. The van der Waals surface area contributed by atoms with E-state index >= 15 is 0 Å². The van der Waals surface area contributed by atoms with Crippen LogP contribution in [0.25, 0.3) is 0 Å². The molecule has 76 valence electrons. The monoisotopic (exact) mass is 278 g/mol. The first kappa shape index (κ1) is 11.7. The van der Waals surface area contributed by atoms with E-state index in [1.54, 1.807) is 6.07 Å². The van der Waals surface area contributed by atoms with E-state index in [4.69, 9.17) is 11.6 Å². The maximum absolute atomic E-state index is 13.0. The highest BCUT2D eigenvalue weighted by atomic mass is 79.9. The van der Waals surface area contributed by atoms with Crippen molar-refractivity contribution < 1.29 is 9.18 Å². The second-order valence-electron chi connectivity index (χ2n) is 3.03. The standard InChI is InChI=1S/C10H9BrClFO/c1-6(14)8(11)4-7-2-3-9(12)10(13)5-7/h2-3,5,8H,4H2,1H3. The molecule has 0 saturated heterocycles. The number of hydrogen-bond acceptors (Lipinski definition) is 1. The smallest absolute Gasteiger partial charge is 0.143 e. The zero-order valence-electron chi connectivity index (χ0n) is 7.56. The van der Waals surface area contributed by atoms with Gasteiger partial charge in [-0.25, -0.2) is 4.39 Å². The second kappa shape index (κ2) is 4.89. The first-order chi connectivity index (χ1) is 6.50. The van der Waals surface area contributed by atoms with Crippen LogP contribution in [0.4, 0.5) is 4.39 Å². The zero-order chi connectivity index (χ0) is 10.7. The summed E-state index contributed by atoms with van der Waals surface area (Å²) >= 11 is 8.74. The summed E-state index contributed by atoms with van der Waals surface area (Å²) in [5, 5.41) is 0.0997. The van der Waals surface area contributed by atoms with Crippen molar-refractivity contribution in [1.82, 2.24) is 0 Å². The summed E-state index contributed by atoms with van der Waals surface area (Å²) in [6.07, 6.45) is 0.476. The number of ketones is 1. The normalized spacial score (nSPS) is 12.6. The molecule has 0 aliphatic carbocycles. The van der Waals surface area contributed by atoms with Crippen molar-refractivity contribution in [3.8, 4) is 0 Å². The molecule has 0 fully saturated rings. The Morgan fingerprint density at radius 1 is 1.64 bits per heavy atom. The number of rotatable bonds is 3. The molecule has 1 nitrogen and oxygen atoms in total. The van der Waals surface area contributed by atoms with Gasteiger partial charge < -0.3 is 0 Å². The maximum atomic E-state index is 13.0. The van der Waals surface area contributed by atoms with Crippen LogP contribution in [0.1, 0.15) is 12.5 Å². The first-order valence-corrected chi connectivity index (χ1v) is 5.38. The molecule has 4 heteroatoms. The van der Waals surface area contributed by atoms with Crippen molar-refractivity contribution in [2.24, 2.45) is 0 Å². The third kappa shape index (κ3) is 3.07. The third-order valence-electron chi connectivity index (χ3n) is 1.84. The number of carbonyl (C=O) groups is 1. The Balaban J connectivity index is 2.78. The van der Waals surface area contributed by atoms with Crippen LogP contribution in [0, 0.1) is 5.82 Å². The van der Waals surface area contributed by atoms with Gasteiger partial charge in [-0.1, -0.05) is 33.6 Å². The minimum absolute atomic E-state index is 0.0281. The zero-order valence-corrected chi connectivity index (χ0v) is 9.90. The highest BCUT2D eigenvalue weighted by molar-refractivity contribution is 9.10. The number of alkyl halides is 1. The molecule has 1 atom stereocenters. The molecule has 0 aromatic heterocycles. The summed E-state index contributed by atoms with van der Waals surface area (Å²) in [4.78, 5) is 10.7. The number of carbonyl (C=O) groups excluding carboxylic acids is 1. The Labute approximate surface area is 95.4 Å². The summed E-state index contributed by atoms with van der Waals surface area (Å²) < 4.78 is 13.0. The van der Waals surface area contributed by atoms with Crippen molar-refractivity contribution in [2.75, 3.05) is 0 Å². The van der Waals surface area contributed by atoms with Gasteiger partial charge in [0.05, 0.1) is 9.85 Å². The molecular weight excluding hydrogens is 270 g/mol. The van der Waals surface area contributed by atoms with Gasteiger partial charge in [0, 0.05) is 0 Å². The van der Waals surface area contributed by atoms with Crippen LogP contribution in [0.5, 0.6) is 0 Å². The van der Waals surface area contributed by atoms with Crippen LogP contribution in [-0.2, 0) is 11.2 Å². The van der Waals surface area contributed by atoms with Gasteiger partial charge in [0.25, 0.3) is 0 Å². The topological polar surface area (TPSA) is 17.1 Å². The largest absolute Gasteiger partial charge is 0.299 e. The van der Waals surface area contributed by atoms with Crippen molar-refractivity contribution >= 4 is 33.3 Å². The molecule has 0 heterocycles. The minimum atomic E-state index is -0.451. The van der Waals surface area contributed by atoms with Gasteiger partial charge >= 0.3 is 0 Å². The minimum Gasteiger partial charge on any atom is -0.299 e. The SMILES string of the molecule is CC(=O)C(Br)Cc1ccc(Cl)c(F)c1. The number of benzene rings is 1. The average Bonchev–Trinajstić information content (AvgIpc) is 2.11. The lowest BCUT2D eigenvalue weighted by Crippen LogP contribution is -2.12. The summed E-state index contributed by atoms with van der Waals surface area (Å²) in [7, 11) is 0. The lowest BCUT2D eigenvalue weighted by atomic mass is 10.1. The summed E-state index contributed by atoms with van der Waals surface area (Å²) in [5.41, 5.74) is 0.754. The van der Waals surface area contributed by atoms with E-state index in [0.29, 0.717) is 6.42 Å². The third-order valence-corrected chi connectivity index (χ3v) is 3.12. The van der Waals surface area contributed by atoms with E-state index in [1.807, 2.05) is 0 Å².